The predicted octanol–water partition coefficient (Wildman–Crippen LogP) is 1.35. The summed E-state index contributed by atoms with van der Waals surface area (Å²) in [6.45, 7) is 3.20. The molecule has 0 atom stereocenters. The lowest BCUT2D eigenvalue weighted by Gasteiger charge is -2.34. The van der Waals surface area contributed by atoms with Crippen LogP contribution in [-0.4, -0.2) is 61.7 Å². The smallest absolute Gasteiger partial charge is 0.245 e. The van der Waals surface area contributed by atoms with Crippen molar-refractivity contribution in [1.82, 2.24) is 14.5 Å². The molecule has 1 N–H and O–H groups in total. The van der Waals surface area contributed by atoms with Crippen LogP contribution in [0.25, 0.3) is 0 Å². The third-order valence-electron chi connectivity index (χ3n) is 5.57. The first-order valence-corrected chi connectivity index (χ1v) is 11.0. The molecule has 0 spiro atoms. The predicted molar refractivity (Wildman–Crippen MR) is 101 cm³/mol. The summed E-state index contributed by atoms with van der Waals surface area (Å²) in [5.74, 6) is -1.03. The van der Waals surface area contributed by atoms with Crippen molar-refractivity contribution in [2.24, 2.45) is 5.92 Å². The van der Waals surface area contributed by atoms with E-state index in [1.54, 1.807) is 11.8 Å². The third-order valence-corrected chi connectivity index (χ3v) is 7.50. The van der Waals surface area contributed by atoms with Crippen molar-refractivity contribution >= 4 is 21.8 Å². The van der Waals surface area contributed by atoms with Gasteiger partial charge in [0.15, 0.2) is 0 Å². The van der Waals surface area contributed by atoms with E-state index < -0.39 is 15.8 Å². The van der Waals surface area contributed by atoms with Gasteiger partial charge in [-0.1, -0.05) is 12.1 Å². The normalized spacial score (nSPS) is 20.1. The molecule has 2 fully saturated rings. The molecule has 0 aromatic heterocycles. The highest BCUT2D eigenvalue weighted by Crippen LogP contribution is 2.25. The molecular formula is C19H26FN3O4S. The maximum absolute atomic E-state index is 13.9. The van der Waals surface area contributed by atoms with E-state index in [1.807, 2.05) is 0 Å². The molecule has 9 heteroatoms. The van der Waals surface area contributed by atoms with Crippen LogP contribution in [0.2, 0.25) is 0 Å². The van der Waals surface area contributed by atoms with Gasteiger partial charge < -0.3 is 10.2 Å². The zero-order valence-electron chi connectivity index (χ0n) is 15.9. The van der Waals surface area contributed by atoms with Gasteiger partial charge in [-0.05, 0) is 37.8 Å². The Bertz CT molecular complexity index is 829. The molecule has 0 bridgehead atoms. The standard InChI is InChI=1S/C19H26FN3O4S/c1-14(24)22-10-8-16(9-11-22)21-19(25)15-6-12-23(13-7-15)28(26,27)18-5-3-2-4-17(18)20/h2-5,15-16H,6-13H2,1H3,(H,21,25). The molecular weight excluding hydrogens is 385 g/mol. The summed E-state index contributed by atoms with van der Waals surface area (Å²) in [6.07, 6.45) is 2.27. The number of carbonyl (C=O) groups excluding carboxylic acids is 2. The summed E-state index contributed by atoms with van der Waals surface area (Å²) < 4.78 is 40.4. The van der Waals surface area contributed by atoms with Gasteiger partial charge in [0.25, 0.3) is 0 Å². The highest BCUT2D eigenvalue weighted by atomic mass is 32.2. The van der Waals surface area contributed by atoms with Crippen molar-refractivity contribution in [3.05, 3.63) is 30.1 Å². The molecule has 0 aliphatic carbocycles. The Labute approximate surface area is 164 Å². The van der Waals surface area contributed by atoms with E-state index in [0.717, 1.165) is 18.9 Å². The van der Waals surface area contributed by atoms with Crippen LogP contribution in [0.1, 0.15) is 32.6 Å². The van der Waals surface area contributed by atoms with E-state index in [9.17, 15) is 22.4 Å². The maximum Gasteiger partial charge on any atom is 0.245 e. The lowest BCUT2D eigenvalue weighted by molar-refractivity contribution is -0.130. The number of benzene rings is 1. The third kappa shape index (κ3) is 4.52. The number of carbonyl (C=O) groups is 2. The van der Waals surface area contributed by atoms with Crippen LogP contribution in [0, 0.1) is 11.7 Å². The lowest BCUT2D eigenvalue weighted by Crippen LogP contribution is -2.49. The Morgan fingerprint density at radius 3 is 2.21 bits per heavy atom. The number of nitrogens with zero attached hydrogens (tertiary/aromatic N) is 2. The van der Waals surface area contributed by atoms with Crippen molar-refractivity contribution in [3.8, 4) is 0 Å². The van der Waals surface area contributed by atoms with E-state index in [2.05, 4.69) is 5.32 Å². The van der Waals surface area contributed by atoms with Gasteiger partial charge in [-0.25, -0.2) is 12.8 Å². The summed E-state index contributed by atoms with van der Waals surface area (Å²) in [7, 11) is -3.89. The number of likely N-dealkylation sites (tertiary alicyclic amines) is 1. The second-order valence-electron chi connectivity index (χ2n) is 7.40. The van der Waals surface area contributed by atoms with Crippen molar-refractivity contribution in [2.45, 2.75) is 43.5 Å². The van der Waals surface area contributed by atoms with Gasteiger partial charge in [-0.3, -0.25) is 9.59 Å². The van der Waals surface area contributed by atoms with Crippen molar-refractivity contribution < 1.29 is 22.4 Å². The SMILES string of the molecule is CC(=O)N1CCC(NC(=O)C2CCN(S(=O)(=O)c3ccccc3F)CC2)CC1. The molecule has 0 unspecified atom stereocenters. The molecule has 0 saturated carbocycles. The Hall–Kier alpha value is -2.00. The largest absolute Gasteiger partial charge is 0.353 e. The summed E-state index contributed by atoms with van der Waals surface area (Å²) in [4.78, 5) is 25.4. The second kappa shape index (κ2) is 8.57. The Morgan fingerprint density at radius 1 is 1.04 bits per heavy atom. The average Bonchev–Trinajstić information content (AvgIpc) is 2.68. The maximum atomic E-state index is 13.9. The van der Waals surface area contributed by atoms with Crippen molar-refractivity contribution in [1.29, 1.82) is 0 Å². The van der Waals surface area contributed by atoms with Gasteiger partial charge in [0.2, 0.25) is 21.8 Å². The summed E-state index contributed by atoms with van der Waals surface area (Å²) in [5, 5.41) is 3.04. The minimum Gasteiger partial charge on any atom is -0.353 e. The zero-order valence-corrected chi connectivity index (χ0v) is 16.8. The van der Waals surface area contributed by atoms with Gasteiger partial charge in [0.1, 0.15) is 10.7 Å². The molecule has 1 aromatic carbocycles. The van der Waals surface area contributed by atoms with Crippen molar-refractivity contribution in [3.63, 3.8) is 0 Å². The topological polar surface area (TPSA) is 86.8 Å². The Balaban J connectivity index is 1.52. The molecule has 28 heavy (non-hydrogen) atoms. The van der Waals surface area contributed by atoms with Crippen LogP contribution in [0.3, 0.4) is 0 Å². The first-order chi connectivity index (χ1) is 13.3. The summed E-state index contributed by atoms with van der Waals surface area (Å²) in [6, 6.07) is 5.38. The summed E-state index contributed by atoms with van der Waals surface area (Å²) >= 11 is 0. The van der Waals surface area contributed by atoms with Gasteiger partial charge in [-0.2, -0.15) is 4.31 Å². The number of halogens is 1. The van der Waals surface area contributed by atoms with E-state index in [0.29, 0.717) is 25.9 Å². The monoisotopic (exact) mass is 411 g/mol. The molecule has 2 aliphatic rings. The van der Waals surface area contributed by atoms with Crippen LogP contribution in [0.15, 0.2) is 29.2 Å². The summed E-state index contributed by atoms with van der Waals surface area (Å²) in [5.41, 5.74) is 0. The van der Waals surface area contributed by atoms with Gasteiger partial charge in [0.05, 0.1) is 0 Å². The molecule has 1 aromatic rings. The fourth-order valence-electron chi connectivity index (χ4n) is 3.81. The van der Waals surface area contributed by atoms with Gasteiger partial charge in [0, 0.05) is 45.1 Å². The zero-order chi connectivity index (χ0) is 20.3. The second-order valence-corrected chi connectivity index (χ2v) is 9.30. The van der Waals surface area contributed by atoms with Gasteiger partial charge in [-0.15, -0.1) is 0 Å². The molecule has 2 aliphatic heterocycles. The Kier molecular flexibility index (Phi) is 6.34. The van der Waals surface area contributed by atoms with Crippen LogP contribution in [0.5, 0.6) is 0 Å². The Morgan fingerprint density at radius 2 is 1.64 bits per heavy atom. The molecule has 154 valence electrons. The molecule has 3 rings (SSSR count). The molecule has 2 saturated heterocycles. The van der Waals surface area contributed by atoms with Crippen LogP contribution < -0.4 is 5.32 Å². The number of nitrogens with one attached hydrogen (secondary N) is 1. The number of rotatable bonds is 4. The molecule has 0 radical (unpaired) electrons. The number of amides is 2. The minimum absolute atomic E-state index is 0.0447. The van der Waals surface area contributed by atoms with E-state index in [4.69, 9.17) is 0 Å². The molecule has 7 nitrogen and oxygen atoms in total. The van der Waals surface area contributed by atoms with E-state index in [1.165, 1.54) is 22.5 Å². The number of hydrogen-bond donors (Lipinski definition) is 1. The van der Waals surface area contributed by atoms with Gasteiger partial charge >= 0.3 is 0 Å². The number of piperidine rings is 2. The fraction of sp³-hybridized carbons (Fsp3) is 0.579. The van der Waals surface area contributed by atoms with E-state index in [-0.39, 0.29) is 41.8 Å². The highest BCUT2D eigenvalue weighted by Gasteiger charge is 2.34. The van der Waals surface area contributed by atoms with E-state index >= 15 is 0 Å². The first kappa shape index (κ1) is 20.7. The van der Waals surface area contributed by atoms with Crippen LogP contribution >= 0.6 is 0 Å². The quantitative estimate of drug-likeness (QED) is 0.810. The molecule has 2 amide bonds. The van der Waals surface area contributed by atoms with Crippen molar-refractivity contribution in [2.75, 3.05) is 26.2 Å². The van der Waals surface area contributed by atoms with Crippen LogP contribution in [-0.2, 0) is 19.6 Å². The highest BCUT2D eigenvalue weighted by molar-refractivity contribution is 7.89. The molecule has 2 heterocycles. The number of sulfonamides is 1. The number of hydrogen-bond acceptors (Lipinski definition) is 4. The minimum atomic E-state index is -3.89. The average molecular weight is 411 g/mol. The van der Waals surface area contributed by atoms with Crippen LogP contribution in [0.4, 0.5) is 4.39 Å². The fourth-order valence-corrected chi connectivity index (χ4v) is 5.34. The first-order valence-electron chi connectivity index (χ1n) is 9.59. The lowest BCUT2D eigenvalue weighted by atomic mass is 9.96.